The van der Waals surface area contributed by atoms with Crippen LogP contribution in [0.25, 0.3) is 10.9 Å². The predicted octanol–water partition coefficient (Wildman–Crippen LogP) is 5.85. The molecule has 2 aromatic carbocycles. The van der Waals surface area contributed by atoms with Crippen molar-refractivity contribution in [3.05, 3.63) is 64.4 Å². The Morgan fingerprint density at radius 3 is 2.66 bits per heavy atom. The monoisotopic (exact) mass is 475 g/mol. The highest BCUT2D eigenvalue weighted by atomic mass is 35.5. The van der Waals surface area contributed by atoms with Gasteiger partial charge in [0.1, 0.15) is 24.0 Å². The molecule has 4 rings (SSSR count). The number of carbonyl (C=O) groups is 1. The third-order valence-corrected chi connectivity index (χ3v) is 6.24. The largest absolute Gasteiger partial charge is 0.492 e. The number of ether oxygens (including phenoxy) is 1. The van der Waals surface area contributed by atoms with Gasteiger partial charge in [0.15, 0.2) is 0 Å². The SMILES string of the molecule is O=C(Nc1ccc2cc(Cl)ccc2n1)[C@H]1CC[C@H](NCCOc2ccc(Cl)c(F)c2)CC1. The average molecular weight is 476 g/mol. The van der Waals surface area contributed by atoms with Gasteiger partial charge in [-0.05, 0) is 68.1 Å². The van der Waals surface area contributed by atoms with Crippen LogP contribution >= 0.6 is 23.2 Å². The molecule has 0 unspecified atom stereocenters. The summed E-state index contributed by atoms with van der Waals surface area (Å²) in [7, 11) is 0. The molecule has 0 radical (unpaired) electrons. The molecule has 1 fully saturated rings. The lowest BCUT2D eigenvalue weighted by Crippen LogP contribution is -2.38. The first kappa shape index (κ1) is 22.8. The zero-order valence-corrected chi connectivity index (χ0v) is 18.9. The summed E-state index contributed by atoms with van der Waals surface area (Å²) in [6, 6.07) is 13.9. The Morgan fingerprint density at radius 1 is 1.06 bits per heavy atom. The maximum Gasteiger partial charge on any atom is 0.228 e. The van der Waals surface area contributed by atoms with Gasteiger partial charge in [-0.2, -0.15) is 0 Å². The van der Waals surface area contributed by atoms with Gasteiger partial charge in [-0.3, -0.25) is 4.79 Å². The average Bonchev–Trinajstić information content (AvgIpc) is 2.79. The molecule has 1 saturated carbocycles. The van der Waals surface area contributed by atoms with E-state index in [0.717, 1.165) is 36.6 Å². The predicted molar refractivity (Wildman–Crippen MR) is 126 cm³/mol. The molecule has 1 amide bonds. The van der Waals surface area contributed by atoms with Crippen molar-refractivity contribution < 1.29 is 13.9 Å². The summed E-state index contributed by atoms with van der Waals surface area (Å²) < 4.78 is 19.0. The number of hydrogen-bond donors (Lipinski definition) is 2. The number of anilines is 1. The molecule has 0 spiro atoms. The van der Waals surface area contributed by atoms with Crippen LogP contribution in [0.5, 0.6) is 5.75 Å². The number of amides is 1. The molecule has 2 N–H and O–H groups in total. The minimum absolute atomic E-state index is 0.0114. The number of fused-ring (bicyclic) bond motifs is 1. The summed E-state index contributed by atoms with van der Waals surface area (Å²) in [4.78, 5) is 17.2. The molecule has 3 aromatic rings. The molecule has 0 aliphatic heterocycles. The van der Waals surface area contributed by atoms with E-state index in [2.05, 4.69) is 15.6 Å². The second-order valence-electron chi connectivity index (χ2n) is 7.95. The van der Waals surface area contributed by atoms with Crippen LogP contribution in [0.4, 0.5) is 10.2 Å². The van der Waals surface area contributed by atoms with E-state index in [1.807, 2.05) is 18.2 Å². The number of pyridine rings is 1. The van der Waals surface area contributed by atoms with E-state index in [1.54, 1.807) is 18.2 Å². The quantitative estimate of drug-likeness (QED) is 0.420. The fraction of sp³-hybridized carbons (Fsp3) is 0.333. The van der Waals surface area contributed by atoms with Crippen LogP contribution in [0.1, 0.15) is 25.7 Å². The molecule has 1 aromatic heterocycles. The van der Waals surface area contributed by atoms with Crippen molar-refractivity contribution in [2.24, 2.45) is 5.92 Å². The third-order valence-electron chi connectivity index (χ3n) is 5.70. The van der Waals surface area contributed by atoms with E-state index < -0.39 is 5.82 Å². The third kappa shape index (κ3) is 5.88. The number of benzene rings is 2. The molecule has 1 heterocycles. The second kappa shape index (κ2) is 10.5. The van der Waals surface area contributed by atoms with Crippen LogP contribution in [-0.2, 0) is 4.79 Å². The van der Waals surface area contributed by atoms with Gasteiger partial charge in [0.25, 0.3) is 0 Å². The minimum Gasteiger partial charge on any atom is -0.492 e. The second-order valence-corrected chi connectivity index (χ2v) is 8.79. The lowest BCUT2D eigenvalue weighted by atomic mass is 9.85. The maximum absolute atomic E-state index is 13.4. The molecule has 1 aliphatic carbocycles. The Bertz CT molecular complexity index is 1100. The molecular formula is C24H24Cl2FN3O2. The molecule has 0 bridgehead atoms. The molecule has 1 aliphatic rings. The van der Waals surface area contributed by atoms with Crippen LogP contribution in [0, 0.1) is 11.7 Å². The van der Waals surface area contributed by atoms with Crippen molar-refractivity contribution in [2.75, 3.05) is 18.5 Å². The Labute approximate surface area is 196 Å². The first-order chi connectivity index (χ1) is 15.5. The van der Waals surface area contributed by atoms with Gasteiger partial charge in [-0.1, -0.05) is 23.2 Å². The van der Waals surface area contributed by atoms with Gasteiger partial charge >= 0.3 is 0 Å². The Morgan fingerprint density at radius 2 is 1.88 bits per heavy atom. The highest BCUT2D eigenvalue weighted by Crippen LogP contribution is 2.26. The van der Waals surface area contributed by atoms with Crippen molar-refractivity contribution in [2.45, 2.75) is 31.7 Å². The lowest BCUT2D eigenvalue weighted by molar-refractivity contribution is -0.120. The highest BCUT2D eigenvalue weighted by Gasteiger charge is 2.26. The van der Waals surface area contributed by atoms with E-state index in [9.17, 15) is 9.18 Å². The molecule has 32 heavy (non-hydrogen) atoms. The fourth-order valence-electron chi connectivity index (χ4n) is 3.95. The zero-order chi connectivity index (χ0) is 22.5. The van der Waals surface area contributed by atoms with E-state index in [-0.39, 0.29) is 16.8 Å². The van der Waals surface area contributed by atoms with Crippen LogP contribution in [0.3, 0.4) is 0 Å². The Kier molecular flexibility index (Phi) is 7.45. The first-order valence-corrected chi connectivity index (χ1v) is 11.4. The van der Waals surface area contributed by atoms with Crippen molar-refractivity contribution in [3.63, 3.8) is 0 Å². The topological polar surface area (TPSA) is 63.2 Å². The van der Waals surface area contributed by atoms with E-state index >= 15 is 0 Å². The maximum atomic E-state index is 13.4. The van der Waals surface area contributed by atoms with Gasteiger partial charge < -0.3 is 15.4 Å². The molecule has 8 heteroatoms. The van der Waals surface area contributed by atoms with Crippen LogP contribution in [-0.4, -0.2) is 30.1 Å². The standard InChI is InChI=1S/C24H24Cl2FN3O2/c25-17-4-9-22-16(13-17)3-10-23(29-22)30-24(31)15-1-5-18(6-2-15)28-11-12-32-19-7-8-20(26)21(27)14-19/h3-4,7-10,13-15,18,28H,1-2,5-6,11-12H2,(H,29,30,31)/t15-,18-. The van der Waals surface area contributed by atoms with Crippen molar-refractivity contribution in [3.8, 4) is 5.75 Å². The van der Waals surface area contributed by atoms with Crippen molar-refractivity contribution >= 4 is 45.8 Å². The smallest absolute Gasteiger partial charge is 0.228 e. The number of hydrogen-bond acceptors (Lipinski definition) is 4. The van der Waals surface area contributed by atoms with Crippen molar-refractivity contribution in [1.82, 2.24) is 10.3 Å². The van der Waals surface area contributed by atoms with Crippen LogP contribution < -0.4 is 15.4 Å². The number of halogens is 3. The minimum atomic E-state index is -0.489. The Balaban J connectivity index is 1.19. The van der Waals surface area contributed by atoms with Gasteiger partial charge in [0.05, 0.1) is 10.5 Å². The van der Waals surface area contributed by atoms with E-state index in [1.165, 1.54) is 12.1 Å². The summed E-state index contributed by atoms with van der Waals surface area (Å²) in [6.07, 6.45) is 3.46. The molecular weight excluding hydrogens is 452 g/mol. The van der Waals surface area contributed by atoms with Crippen LogP contribution in [0.2, 0.25) is 10.0 Å². The van der Waals surface area contributed by atoms with Crippen molar-refractivity contribution in [1.29, 1.82) is 0 Å². The summed E-state index contributed by atoms with van der Waals surface area (Å²) in [5.41, 5.74) is 0.795. The number of rotatable bonds is 7. The van der Waals surface area contributed by atoms with E-state index in [0.29, 0.717) is 35.8 Å². The lowest BCUT2D eigenvalue weighted by Gasteiger charge is -2.28. The number of aromatic nitrogens is 1. The summed E-state index contributed by atoms with van der Waals surface area (Å²) >= 11 is 11.7. The number of nitrogens with one attached hydrogen (secondary N) is 2. The first-order valence-electron chi connectivity index (χ1n) is 10.7. The summed E-state index contributed by atoms with van der Waals surface area (Å²) in [6.45, 7) is 1.08. The van der Waals surface area contributed by atoms with E-state index in [4.69, 9.17) is 27.9 Å². The molecule has 0 atom stereocenters. The van der Waals surface area contributed by atoms with Gasteiger partial charge in [-0.25, -0.2) is 9.37 Å². The zero-order valence-electron chi connectivity index (χ0n) is 17.4. The molecule has 168 valence electrons. The molecule has 5 nitrogen and oxygen atoms in total. The highest BCUT2D eigenvalue weighted by molar-refractivity contribution is 6.31. The Hall–Kier alpha value is -2.41. The van der Waals surface area contributed by atoms with Gasteiger partial charge in [0, 0.05) is 35.0 Å². The van der Waals surface area contributed by atoms with Gasteiger partial charge in [-0.15, -0.1) is 0 Å². The summed E-state index contributed by atoms with van der Waals surface area (Å²) in [5, 5.41) is 8.08. The molecule has 0 saturated heterocycles. The fourth-order valence-corrected chi connectivity index (χ4v) is 4.25. The van der Waals surface area contributed by atoms with Gasteiger partial charge in [0.2, 0.25) is 5.91 Å². The normalized spacial score (nSPS) is 18.5. The number of nitrogens with zero attached hydrogens (tertiary/aromatic N) is 1. The number of carbonyl (C=O) groups excluding carboxylic acids is 1. The summed E-state index contributed by atoms with van der Waals surface area (Å²) in [5.74, 6) is 0.513. The van der Waals surface area contributed by atoms with Crippen LogP contribution in [0.15, 0.2) is 48.5 Å².